The highest BCUT2D eigenvalue weighted by atomic mass is 32.2. The maximum atomic E-state index is 13.5. The van der Waals surface area contributed by atoms with E-state index in [0.29, 0.717) is 12.4 Å². The summed E-state index contributed by atoms with van der Waals surface area (Å²) < 4.78 is 45.3. The molecule has 0 aliphatic carbocycles. The SMILES string of the molecule is O=S(=O)(c1ccc2c(c1)CCCO2)N1C[C@@H](F)C[C@H]1CO. The van der Waals surface area contributed by atoms with Gasteiger partial charge in [0.2, 0.25) is 10.0 Å². The second kappa shape index (κ2) is 5.55. The zero-order chi connectivity index (χ0) is 15.0. The average Bonchev–Trinajstić information content (AvgIpc) is 2.88. The Kier molecular flexibility index (Phi) is 3.90. The number of nitrogens with zero attached hydrogens (tertiary/aromatic N) is 1. The highest BCUT2D eigenvalue weighted by molar-refractivity contribution is 7.89. The Balaban J connectivity index is 1.94. The average molecular weight is 315 g/mol. The van der Waals surface area contributed by atoms with Crippen molar-refractivity contribution in [1.82, 2.24) is 4.31 Å². The summed E-state index contributed by atoms with van der Waals surface area (Å²) in [6.45, 7) is 0.0795. The van der Waals surface area contributed by atoms with Gasteiger partial charge >= 0.3 is 0 Å². The number of rotatable bonds is 3. The number of alkyl halides is 1. The summed E-state index contributed by atoms with van der Waals surface area (Å²) >= 11 is 0. The minimum absolute atomic E-state index is 0.0454. The summed E-state index contributed by atoms with van der Waals surface area (Å²) in [5.41, 5.74) is 0.860. The third-order valence-electron chi connectivity index (χ3n) is 4.01. The fourth-order valence-corrected chi connectivity index (χ4v) is 4.63. The molecular weight excluding hydrogens is 297 g/mol. The van der Waals surface area contributed by atoms with E-state index in [0.717, 1.165) is 22.7 Å². The molecular formula is C14H18FNO4S. The largest absolute Gasteiger partial charge is 0.493 e. The topological polar surface area (TPSA) is 66.8 Å². The van der Waals surface area contributed by atoms with Crippen molar-refractivity contribution in [3.63, 3.8) is 0 Å². The van der Waals surface area contributed by atoms with E-state index in [-0.39, 0.29) is 24.5 Å². The van der Waals surface area contributed by atoms with Gasteiger partial charge in [0, 0.05) is 6.54 Å². The first-order valence-corrected chi connectivity index (χ1v) is 8.49. The molecule has 0 saturated carbocycles. The Bertz CT molecular complexity index is 634. The molecule has 0 bridgehead atoms. The van der Waals surface area contributed by atoms with Crippen LogP contribution >= 0.6 is 0 Å². The number of sulfonamides is 1. The molecule has 7 heteroatoms. The Morgan fingerprint density at radius 1 is 1.43 bits per heavy atom. The Morgan fingerprint density at radius 3 is 3.00 bits per heavy atom. The lowest BCUT2D eigenvalue weighted by Crippen LogP contribution is -2.37. The van der Waals surface area contributed by atoms with Gasteiger partial charge in [0.25, 0.3) is 0 Å². The lowest BCUT2D eigenvalue weighted by atomic mass is 10.1. The van der Waals surface area contributed by atoms with Gasteiger partial charge in [0.1, 0.15) is 11.9 Å². The monoisotopic (exact) mass is 315 g/mol. The number of ether oxygens (including phenoxy) is 1. The fraction of sp³-hybridized carbons (Fsp3) is 0.571. The van der Waals surface area contributed by atoms with Gasteiger partial charge in [-0.05, 0) is 43.0 Å². The van der Waals surface area contributed by atoms with E-state index in [9.17, 15) is 17.9 Å². The molecule has 1 N–H and O–H groups in total. The van der Waals surface area contributed by atoms with Gasteiger partial charge in [-0.1, -0.05) is 0 Å². The highest BCUT2D eigenvalue weighted by Crippen LogP contribution is 2.31. The van der Waals surface area contributed by atoms with Crippen LogP contribution < -0.4 is 4.74 Å². The molecule has 1 saturated heterocycles. The van der Waals surface area contributed by atoms with Crippen molar-refractivity contribution in [2.45, 2.75) is 36.4 Å². The van der Waals surface area contributed by atoms with E-state index < -0.39 is 22.2 Å². The Hall–Kier alpha value is -1.18. The maximum Gasteiger partial charge on any atom is 0.243 e. The molecule has 0 radical (unpaired) electrons. The van der Waals surface area contributed by atoms with E-state index in [1.807, 2.05) is 0 Å². The molecule has 2 aliphatic heterocycles. The van der Waals surface area contributed by atoms with Crippen molar-refractivity contribution in [3.05, 3.63) is 23.8 Å². The summed E-state index contributed by atoms with van der Waals surface area (Å²) in [6.07, 6.45) is 0.446. The van der Waals surface area contributed by atoms with Crippen LogP contribution in [0.25, 0.3) is 0 Å². The minimum atomic E-state index is -3.79. The van der Waals surface area contributed by atoms with Gasteiger partial charge < -0.3 is 9.84 Å². The van der Waals surface area contributed by atoms with Crippen LogP contribution in [0, 0.1) is 0 Å². The number of aliphatic hydroxyl groups excluding tert-OH is 1. The predicted octanol–water partition coefficient (Wildman–Crippen LogP) is 1.11. The van der Waals surface area contributed by atoms with Crippen LogP contribution in [0.3, 0.4) is 0 Å². The highest BCUT2D eigenvalue weighted by Gasteiger charge is 2.40. The number of benzene rings is 1. The lowest BCUT2D eigenvalue weighted by molar-refractivity contribution is 0.213. The minimum Gasteiger partial charge on any atom is -0.493 e. The van der Waals surface area contributed by atoms with Crippen LogP contribution in [-0.2, 0) is 16.4 Å². The van der Waals surface area contributed by atoms with Gasteiger partial charge in [-0.15, -0.1) is 0 Å². The Morgan fingerprint density at radius 2 is 2.24 bits per heavy atom. The summed E-state index contributed by atoms with van der Waals surface area (Å²) in [6, 6.07) is 4.05. The normalized spacial score (nSPS) is 26.4. The number of hydrogen-bond acceptors (Lipinski definition) is 4. The lowest BCUT2D eigenvalue weighted by Gasteiger charge is -2.23. The molecule has 0 unspecified atom stereocenters. The van der Waals surface area contributed by atoms with Crippen LogP contribution in [0.2, 0.25) is 0 Å². The van der Waals surface area contributed by atoms with E-state index >= 15 is 0 Å². The molecule has 0 aromatic heterocycles. The zero-order valence-corrected chi connectivity index (χ0v) is 12.4. The van der Waals surface area contributed by atoms with Gasteiger partial charge in [-0.3, -0.25) is 0 Å². The predicted molar refractivity (Wildman–Crippen MR) is 74.5 cm³/mol. The quantitative estimate of drug-likeness (QED) is 0.907. The number of aryl methyl sites for hydroxylation is 1. The molecule has 116 valence electrons. The first kappa shape index (κ1) is 14.7. The van der Waals surface area contributed by atoms with Crippen LogP contribution in [-0.4, -0.2) is 49.8 Å². The third kappa shape index (κ3) is 2.65. The first-order valence-electron chi connectivity index (χ1n) is 7.05. The van der Waals surface area contributed by atoms with Gasteiger partial charge in [-0.25, -0.2) is 12.8 Å². The van der Waals surface area contributed by atoms with Gasteiger partial charge in [-0.2, -0.15) is 4.31 Å². The Labute approximate surface area is 123 Å². The van der Waals surface area contributed by atoms with Crippen molar-refractivity contribution < 1.29 is 22.7 Å². The molecule has 2 atom stereocenters. The summed E-state index contributed by atoms with van der Waals surface area (Å²) in [5.74, 6) is 0.712. The number of halogens is 1. The van der Waals surface area contributed by atoms with E-state index in [1.54, 1.807) is 12.1 Å². The fourth-order valence-electron chi connectivity index (χ4n) is 2.92. The van der Waals surface area contributed by atoms with E-state index in [1.165, 1.54) is 6.07 Å². The van der Waals surface area contributed by atoms with Crippen LogP contribution in [0.5, 0.6) is 5.75 Å². The maximum absolute atomic E-state index is 13.5. The summed E-state index contributed by atoms with van der Waals surface area (Å²) in [7, 11) is -3.79. The zero-order valence-electron chi connectivity index (χ0n) is 11.5. The van der Waals surface area contributed by atoms with Crippen LogP contribution in [0.15, 0.2) is 23.1 Å². The van der Waals surface area contributed by atoms with Gasteiger partial charge in [0.05, 0.1) is 24.2 Å². The molecule has 1 aromatic carbocycles. The van der Waals surface area contributed by atoms with Crippen LogP contribution in [0.4, 0.5) is 4.39 Å². The number of aliphatic hydroxyl groups is 1. The van der Waals surface area contributed by atoms with Crippen molar-refractivity contribution in [2.75, 3.05) is 19.8 Å². The van der Waals surface area contributed by atoms with Crippen molar-refractivity contribution >= 4 is 10.0 Å². The second-order valence-electron chi connectivity index (χ2n) is 5.47. The van der Waals surface area contributed by atoms with Crippen LogP contribution in [0.1, 0.15) is 18.4 Å². The molecule has 3 rings (SSSR count). The van der Waals surface area contributed by atoms with Crippen molar-refractivity contribution in [1.29, 1.82) is 0 Å². The summed E-state index contributed by atoms with van der Waals surface area (Å²) in [5, 5.41) is 9.26. The second-order valence-corrected chi connectivity index (χ2v) is 7.36. The standard InChI is InChI=1S/C14H18FNO4S/c15-11-7-12(9-17)16(8-11)21(18,19)13-3-4-14-10(6-13)2-1-5-20-14/h3-4,6,11-12,17H,1-2,5,7-9H2/t11-,12-/m0/s1. The van der Waals surface area contributed by atoms with Gasteiger partial charge in [0.15, 0.2) is 0 Å². The number of hydrogen-bond donors (Lipinski definition) is 1. The van der Waals surface area contributed by atoms with E-state index in [4.69, 9.17) is 4.74 Å². The molecule has 0 amide bonds. The molecule has 2 aliphatic rings. The van der Waals surface area contributed by atoms with Crippen molar-refractivity contribution in [2.24, 2.45) is 0 Å². The molecule has 1 fully saturated rings. The van der Waals surface area contributed by atoms with Crippen molar-refractivity contribution in [3.8, 4) is 5.75 Å². The smallest absolute Gasteiger partial charge is 0.243 e. The molecule has 1 aromatic rings. The molecule has 5 nitrogen and oxygen atoms in total. The van der Waals surface area contributed by atoms with E-state index in [2.05, 4.69) is 0 Å². The molecule has 2 heterocycles. The number of fused-ring (bicyclic) bond motifs is 1. The molecule has 0 spiro atoms. The first-order chi connectivity index (χ1) is 10.0. The molecule has 21 heavy (non-hydrogen) atoms. The third-order valence-corrected chi connectivity index (χ3v) is 5.92. The summed E-state index contributed by atoms with van der Waals surface area (Å²) in [4.78, 5) is 0.138.